The molecule has 1 fully saturated rings. The number of nitriles is 1. The van der Waals surface area contributed by atoms with E-state index in [4.69, 9.17) is 14.2 Å². The number of rotatable bonds is 7. The largest absolute Gasteiger partial charge is 0.493 e. The van der Waals surface area contributed by atoms with Gasteiger partial charge in [-0.25, -0.2) is 4.79 Å². The summed E-state index contributed by atoms with van der Waals surface area (Å²) in [6, 6.07) is 15.0. The number of ether oxygens (including phenoxy) is 3. The summed E-state index contributed by atoms with van der Waals surface area (Å²) >= 11 is 1.47. The Bertz CT molecular complexity index is 1190. The quantitative estimate of drug-likeness (QED) is 0.521. The summed E-state index contributed by atoms with van der Waals surface area (Å²) in [7, 11) is 1.57. The van der Waals surface area contributed by atoms with Crippen LogP contribution in [-0.2, 0) is 9.53 Å². The standard InChI is InChI=1S/C26H27N3O5S/c1-4-33-22-11-8-18(12-23(22)32-3)20-13-24(30)29-15-28(16-35-25(29)21(20)14-27)19-9-6-17(7-10-19)26(31)34-5-2/h6-12,20H,4-5,13,15-16H2,1-3H3/t20-/m0/s1. The normalized spacial score (nSPS) is 17.5. The minimum Gasteiger partial charge on any atom is -0.493 e. The van der Waals surface area contributed by atoms with E-state index in [1.807, 2.05) is 42.2 Å². The first-order chi connectivity index (χ1) is 17.0. The van der Waals surface area contributed by atoms with Crippen molar-refractivity contribution in [2.75, 3.05) is 37.8 Å². The van der Waals surface area contributed by atoms with Gasteiger partial charge in [0.2, 0.25) is 5.91 Å². The molecule has 0 N–H and O–H groups in total. The van der Waals surface area contributed by atoms with E-state index in [1.165, 1.54) is 11.8 Å². The van der Waals surface area contributed by atoms with Crippen molar-refractivity contribution < 1.29 is 23.8 Å². The monoisotopic (exact) mass is 493 g/mol. The number of benzene rings is 2. The molecule has 0 aromatic heterocycles. The number of methoxy groups -OCH3 is 1. The van der Waals surface area contributed by atoms with Crippen LogP contribution in [0.1, 0.15) is 42.1 Å². The predicted octanol–water partition coefficient (Wildman–Crippen LogP) is 4.49. The third-order valence-electron chi connectivity index (χ3n) is 5.93. The molecule has 0 bridgehead atoms. The van der Waals surface area contributed by atoms with Gasteiger partial charge in [0.1, 0.15) is 0 Å². The SMILES string of the molecule is CCOC(=O)c1ccc(N2CSC3=C(C#N)[C@H](c4ccc(OCC)c(OC)c4)CC(=O)N3C2)cc1. The Morgan fingerprint density at radius 3 is 2.57 bits per heavy atom. The van der Waals surface area contributed by atoms with Crippen LogP contribution in [0.5, 0.6) is 11.5 Å². The van der Waals surface area contributed by atoms with Crippen LogP contribution in [0, 0.1) is 11.3 Å². The van der Waals surface area contributed by atoms with Crippen LogP contribution in [-0.4, -0.2) is 49.6 Å². The van der Waals surface area contributed by atoms with Crippen molar-refractivity contribution in [2.45, 2.75) is 26.2 Å². The van der Waals surface area contributed by atoms with Gasteiger partial charge < -0.3 is 19.1 Å². The van der Waals surface area contributed by atoms with Crippen molar-refractivity contribution in [1.82, 2.24) is 4.90 Å². The molecule has 8 nitrogen and oxygen atoms in total. The highest BCUT2D eigenvalue weighted by Crippen LogP contribution is 2.44. The molecule has 2 aromatic rings. The molecule has 0 saturated carbocycles. The van der Waals surface area contributed by atoms with Gasteiger partial charge in [-0.15, -0.1) is 0 Å². The number of carbonyl (C=O) groups excluding carboxylic acids is 2. The second kappa shape index (κ2) is 10.7. The third-order valence-corrected chi connectivity index (χ3v) is 7.08. The van der Waals surface area contributed by atoms with Crippen LogP contribution in [0.15, 0.2) is 53.1 Å². The number of allylic oxidation sites excluding steroid dienone is 1. The molecule has 1 atom stereocenters. The van der Waals surface area contributed by atoms with Gasteiger partial charge in [-0.3, -0.25) is 9.69 Å². The molecule has 1 amide bonds. The zero-order chi connectivity index (χ0) is 24.9. The average molecular weight is 494 g/mol. The van der Waals surface area contributed by atoms with E-state index < -0.39 is 0 Å². The number of thioether (sulfide) groups is 1. The van der Waals surface area contributed by atoms with E-state index in [-0.39, 0.29) is 24.2 Å². The first-order valence-corrected chi connectivity index (χ1v) is 12.4. The number of hydrogen-bond donors (Lipinski definition) is 0. The molecule has 182 valence electrons. The second-order valence-electron chi connectivity index (χ2n) is 7.97. The molecule has 2 heterocycles. The lowest BCUT2D eigenvalue weighted by Gasteiger charge is -2.42. The Labute approximate surface area is 209 Å². The fourth-order valence-electron chi connectivity index (χ4n) is 4.21. The maximum atomic E-state index is 13.2. The van der Waals surface area contributed by atoms with Gasteiger partial charge in [0.25, 0.3) is 0 Å². The molecular weight excluding hydrogens is 466 g/mol. The number of amides is 1. The molecule has 2 aliphatic heterocycles. The highest BCUT2D eigenvalue weighted by atomic mass is 32.2. The number of esters is 1. The zero-order valence-electron chi connectivity index (χ0n) is 19.9. The van der Waals surface area contributed by atoms with E-state index in [1.54, 1.807) is 31.1 Å². The molecule has 2 aliphatic rings. The maximum Gasteiger partial charge on any atom is 0.338 e. The van der Waals surface area contributed by atoms with Gasteiger partial charge in [-0.05, 0) is 55.8 Å². The summed E-state index contributed by atoms with van der Waals surface area (Å²) in [5.41, 5.74) is 2.79. The molecule has 0 unspecified atom stereocenters. The van der Waals surface area contributed by atoms with Gasteiger partial charge in [0.05, 0.1) is 55.1 Å². The Balaban J connectivity index is 1.58. The molecule has 4 rings (SSSR count). The molecule has 35 heavy (non-hydrogen) atoms. The Hall–Kier alpha value is -3.64. The first kappa shape index (κ1) is 24.5. The number of nitrogens with zero attached hydrogens (tertiary/aromatic N) is 3. The van der Waals surface area contributed by atoms with Gasteiger partial charge in [-0.2, -0.15) is 5.26 Å². The Kier molecular flexibility index (Phi) is 7.51. The third kappa shape index (κ3) is 4.93. The Morgan fingerprint density at radius 2 is 1.91 bits per heavy atom. The van der Waals surface area contributed by atoms with E-state index in [0.717, 1.165) is 11.3 Å². The van der Waals surface area contributed by atoms with Gasteiger partial charge >= 0.3 is 5.97 Å². The summed E-state index contributed by atoms with van der Waals surface area (Å²) in [6.07, 6.45) is 0.194. The first-order valence-electron chi connectivity index (χ1n) is 11.4. The van der Waals surface area contributed by atoms with Crippen LogP contribution in [0.4, 0.5) is 5.69 Å². The highest BCUT2D eigenvalue weighted by molar-refractivity contribution is 8.03. The highest BCUT2D eigenvalue weighted by Gasteiger charge is 2.38. The van der Waals surface area contributed by atoms with Gasteiger partial charge in [-0.1, -0.05) is 17.8 Å². The van der Waals surface area contributed by atoms with Crippen LogP contribution in [0.25, 0.3) is 0 Å². The summed E-state index contributed by atoms with van der Waals surface area (Å²) < 4.78 is 16.1. The summed E-state index contributed by atoms with van der Waals surface area (Å²) in [6.45, 7) is 4.84. The van der Waals surface area contributed by atoms with Crippen molar-refractivity contribution in [2.24, 2.45) is 0 Å². The number of anilines is 1. The van der Waals surface area contributed by atoms with Crippen LogP contribution in [0.2, 0.25) is 0 Å². The number of fused-ring (bicyclic) bond motifs is 1. The van der Waals surface area contributed by atoms with E-state index >= 15 is 0 Å². The van der Waals surface area contributed by atoms with Crippen LogP contribution in [0.3, 0.4) is 0 Å². The minimum absolute atomic E-state index is 0.0443. The summed E-state index contributed by atoms with van der Waals surface area (Å²) in [4.78, 5) is 28.9. The fourth-order valence-corrected chi connectivity index (χ4v) is 5.38. The lowest BCUT2D eigenvalue weighted by Crippen LogP contribution is -2.47. The van der Waals surface area contributed by atoms with Gasteiger partial charge in [0, 0.05) is 18.0 Å². The Morgan fingerprint density at radius 1 is 1.14 bits per heavy atom. The summed E-state index contributed by atoms with van der Waals surface area (Å²) in [5, 5.41) is 10.7. The van der Waals surface area contributed by atoms with Gasteiger partial charge in [0.15, 0.2) is 11.5 Å². The van der Waals surface area contributed by atoms with Crippen molar-refractivity contribution in [3.8, 4) is 17.6 Å². The van der Waals surface area contributed by atoms with E-state index in [2.05, 4.69) is 6.07 Å². The lowest BCUT2D eigenvalue weighted by atomic mass is 9.86. The maximum absolute atomic E-state index is 13.2. The topological polar surface area (TPSA) is 92.1 Å². The smallest absolute Gasteiger partial charge is 0.338 e. The van der Waals surface area contributed by atoms with Crippen LogP contribution < -0.4 is 14.4 Å². The van der Waals surface area contributed by atoms with E-state index in [9.17, 15) is 14.9 Å². The minimum atomic E-state index is -0.362. The predicted molar refractivity (Wildman–Crippen MR) is 133 cm³/mol. The summed E-state index contributed by atoms with van der Waals surface area (Å²) in [5.74, 6) is 1.03. The van der Waals surface area contributed by atoms with Crippen molar-refractivity contribution >= 4 is 29.3 Å². The number of hydrogen-bond acceptors (Lipinski definition) is 8. The average Bonchev–Trinajstić information content (AvgIpc) is 2.89. The van der Waals surface area contributed by atoms with Crippen molar-refractivity contribution in [3.63, 3.8) is 0 Å². The molecule has 1 saturated heterocycles. The van der Waals surface area contributed by atoms with Crippen LogP contribution >= 0.6 is 11.8 Å². The fraction of sp³-hybridized carbons (Fsp3) is 0.346. The molecule has 9 heteroatoms. The van der Waals surface area contributed by atoms with Crippen molar-refractivity contribution in [3.05, 3.63) is 64.2 Å². The molecule has 0 radical (unpaired) electrons. The molecular formula is C26H27N3O5S. The second-order valence-corrected chi connectivity index (χ2v) is 8.91. The number of carbonyl (C=O) groups is 2. The molecule has 2 aromatic carbocycles. The van der Waals surface area contributed by atoms with E-state index in [0.29, 0.717) is 53.4 Å². The molecule has 0 aliphatic carbocycles. The zero-order valence-corrected chi connectivity index (χ0v) is 20.8. The lowest BCUT2D eigenvalue weighted by molar-refractivity contribution is -0.129. The molecule has 0 spiro atoms. The van der Waals surface area contributed by atoms with Crippen molar-refractivity contribution in [1.29, 1.82) is 5.26 Å².